The lowest BCUT2D eigenvalue weighted by atomic mass is 9.91. The Kier molecular flexibility index (Phi) is 7.46. The van der Waals surface area contributed by atoms with Crippen LogP contribution in [0.15, 0.2) is 107 Å². The summed E-state index contributed by atoms with van der Waals surface area (Å²) in [6.07, 6.45) is 3.57. The minimum Gasteiger partial charge on any atom is -0.463 e. The molecule has 0 bridgehead atoms. The lowest BCUT2D eigenvalue weighted by molar-refractivity contribution is -0.139. The first-order valence-corrected chi connectivity index (χ1v) is 12.9. The van der Waals surface area contributed by atoms with Crippen LogP contribution >= 0.6 is 11.8 Å². The molecule has 2 aliphatic heterocycles. The van der Waals surface area contributed by atoms with Gasteiger partial charge in [-0.3, -0.25) is 9.78 Å². The molecule has 1 amide bonds. The molecule has 37 heavy (non-hydrogen) atoms. The van der Waals surface area contributed by atoms with Crippen molar-refractivity contribution in [3.63, 3.8) is 0 Å². The molecular formula is C29H26N4O3S. The SMILES string of the molecule is CCOC(=O)C1=C(c2ccccc2)N=C2SC=C(CC(=O)NCc3cccnc3)N2[C@@H]1c1ccccc1. The number of benzene rings is 2. The molecule has 186 valence electrons. The van der Waals surface area contributed by atoms with Gasteiger partial charge in [-0.1, -0.05) is 78.5 Å². The largest absolute Gasteiger partial charge is 0.463 e. The predicted molar refractivity (Wildman–Crippen MR) is 145 cm³/mol. The highest BCUT2D eigenvalue weighted by atomic mass is 32.2. The summed E-state index contributed by atoms with van der Waals surface area (Å²) in [4.78, 5) is 37.4. The molecule has 5 rings (SSSR count). The number of aromatic nitrogens is 1. The van der Waals surface area contributed by atoms with E-state index in [4.69, 9.17) is 9.73 Å². The van der Waals surface area contributed by atoms with Crippen LogP contribution in [-0.2, 0) is 20.9 Å². The van der Waals surface area contributed by atoms with Crippen molar-refractivity contribution >= 4 is 34.5 Å². The fourth-order valence-electron chi connectivity index (χ4n) is 4.37. The van der Waals surface area contributed by atoms with Crippen LogP contribution in [0, 0.1) is 0 Å². The quantitative estimate of drug-likeness (QED) is 0.427. The van der Waals surface area contributed by atoms with E-state index >= 15 is 0 Å². The number of aliphatic imine (C=N–C) groups is 1. The number of pyridine rings is 1. The number of thioether (sulfide) groups is 1. The highest BCUT2D eigenvalue weighted by Gasteiger charge is 2.42. The molecule has 0 unspecified atom stereocenters. The molecule has 3 aromatic rings. The Morgan fingerprint density at radius 2 is 1.78 bits per heavy atom. The van der Waals surface area contributed by atoms with Crippen LogP contribution in [0.5, 0.6) is 0 Å². The van der Waals surface area contributed by atoms with Gasteiger partial charge in [0.1, 0.15) is 0 Å². The molecule has 2 aromatic carbocycles. The van der Waals surface area contributed by atoms with Crippen molar-refractivity contribution in [3.05, 3.63) is 119 Å². The second-order valence-electron chi connectivity index (χ2n) is 8.47. The summed E-state index contributed by atoms with van der Waals surface area (Å²) in [5.74, 6) is -0.547. The van der Waals surface area contributed by atoms with Gasteiger partial charge in [0, 0.05) is 30.2 Å². The summed E-state index contributed by atoms with van der Waals surface area (Å²) in [5.41, 5.74) is 4.48. The van der Waals surface area contributed by atoms with Crippen molar-refractivity contribution in [2.45, 2.75) is 25.9 Å². The molecule has 0 saturated heterocycles. The van der Waals surface area contributed by atoms with Gasteiger partial charge in [0.15, 0.2) is 5.17 Å². The second-order valence-corrected chi connectivity index (χ2v) is 9.30. The number of ether oxygens (including phenoxy) is 1. The third-order valence-corrected chi connectivity index (χ3v) is 6.91. The van der Waals surface area contributed by atoms with Crippen LogP contribution in [-0.4, -0.2) is 33.5 Å². The number of nitrogens with one attached hydrogen (secondary N) is 1. The Morgan fingerprint density at radius 1 is 1.03 bits per heavy atom. The summed E-state index contributed by atoms with van der Waals surface area (Å²) in [6.45, 7) is 2.43. The predicted octanol–water partition coefficient (Wildman–Crippen LogP) is 5.06. The van der Waals surface area contributed by atoms with Crippen LogP contribution in [0.25, 0.3) is 5.70 Å². The molecule has 0 radical (unpaired) electrons. The van der Waals surface area contributed by atoms with Gasteiger partial charge >= 0.3 is 5.97 Å². The third kappa shape index (κ3) is 5.34. The summed E-state index contributed by atoms with van der Waals surface area (Å²) in [6, 6.07) is 22.7. The number of rotatable bonds is 8. The molecule has 8 heteroatoms. The molecule has 2 aliphatic rings. The minimum absolute atomic E-state index is 0.126. The van der Waals surface area contributed by atoms with Crippen molar-refractivity contribution in [2.24, 2.45) is 4.99 Å². The molecule has 3 heterocycles. The summed E-state index contributed by atoms with van der Waals surface area (Å²) >= 11 is 1.45. The van der Waals surface area contributed by atoms with Crippen molar-refractivity contribution in [1.29, 1.82) is 0 Å². The van der Waals surface area contributed by atoms with Crippen molar-refractivity contribution < 1.29 is 14.3 Å². The van der Waals surface area contributed by atoms with Crippen molar-refractivity contribution in [3.8, 4) is 0 Å². The fourth-order valence-corrected chi connectivity index (χ4v) is 5.29. The maximum absolute atomic E-state index is 13.5. The first-order chi connectivity index (χ1) is 18.2. The van der Waals surface area contributed by atoms with Crippen molar-refractivity contribution in [1.82, 2.24) is 15.2 Å². The van der Waals surface area contributed by atoms with Crippen LogP contribution < -0.4 is 5.32 Å². The van der Waals surface area contributed by atoms with Crippen LogP contribution in [0.1, 0.15) is 36.1 Å². The second kappa shape index (κ2) is 11.3. The normalized spacial score (nSPS) is 16.6. The number of fused-ring (bicyclic) bond motifs is 1. The number of hydrogen-bond acceptors (Lipinski definition) is 7. The highest BCUT2D eigenvalue weighted by Crippen LogP contribution is 2.46. The summed E-state index contributed by atoms with van der Waals surface area (Å²) in [5, 5.41) is 5.62. The molecule has 0 spiro atoms. The monoisotopic (exact) mass is 510 g/mol. The maximum Gasteiger partial charge on any atom is 0.338 e. The van der Waals surface area contributed by atoms with Gasteiger partial charge in [-0.2, -0.15) is 0 Å². The molecule has 1 atom stereocenters. The zero-order valence-electron chi connectivity index (χ0n) is 20.3. The Morgan fingerprint density at radius 3 is 2.49 bits per heavy atom. The summed E-state index contributed by atoms with van der Waals surface area (Å²) in [7, 11) is 0. The average molecular weight is 511 g/mol. The highest BCUT2D eigenvalue weighted by molar-refractivity contribution is 8.16. The molecule has 0 aliphatic carbocycles. The van der Waals surface area contributed by atoms with Gasteiger partial charge in [0.05, 0.1) is 30.3 Å². The Hall–Kier alpha value is -4.17. The lowest BCUT2D eigenvalue weighted by Gasteiger charge is -2.36. The van der Waals surface area contributed by atoms with E-state index in [0.717, 1.165) is 27.6 Å². The number of esters is 1. The van der Waals surface area contributed by atoms with Gasteiger partial charge in [-0.15, -0.1) is 0 Å². The average Bonchev–Trinajstić information content (AvgIpc) is 3.34. The molecule has 1 aromatic heterocycles. The smallest absolute Gasteiger partial charge is 0.338 e. The number of carbonyl (C=O) groups excluding carboxylic acids is 2. The topological polar surface area (TPSA) is 83.9 Å². The fraction of sp³-hybridized carbons (Fsp3) is 0.172. The molecule has 0 saturated carbocycles. The van der Waals surface area contributed by atoms with Gasteiger partial charge in [-0.05, 0) is 29.5 Å². The lowest BCUT2D eigenvalue weighted by Crippen LogP contribution is -2.38. The van der Waals surface area contributed by atoms with Gasteiger partial charge in [0.25, 0.3) is 0 Å². The summed E-state index contributed by atoms with van der Waals surface area (Å²) < 4.78 is 5.53. The van der Waals surface area contributed by atoms with Crippen LogP contribution in [0.4, 0.5) is 0 Å². The number of hydrogen-bond donors (Lipinski definition) is 1. The van der Waals surface area contributed by atoms with E-state index < -0.39 is 12.0 Å². The molecular weight excluding hydrogens is 484 g/mol. The van der Waals surface area contributed by atoms with Crippen LogP contribution in [0.2, 0.25) is 0 Å². The van der Waals surface area contributed by atoms with Gasteiger partial charge in [0.2, 0.25) is 5.91 Å². The van der Waals surface area contributed by atoms with E-state index in [9.17, 15) is 9.59 Å². The van der Waals surface area contributed by atoms with E-state index in [1.54, 1.807) is 19.3 Å². The Balaban J connectivity index is 1.51. The molecule has 7 nitrogen and oxygen atoms in total. The van der Waals surface area contributed by atoms with E-state index in [1.807, 2.05) is 83.1 Å². The number of carbonyl (C=O) groups is 2. The van der Waals surface area contributed by atoms with E-state index in [0.29, 0.717) is 17.8 Å². The first kappa shape index (κ1) is 24.5. The molecule has 1 N–H and O–H groups in total. The standard InChI is InChI=1S/C29H26N4O3S/c1-2-36-28(35)25-26(21-11-5-3-6-12-21)32-29-33(27(25)22-13-7-4-8-14-22)23(19-37-29)16-24(34)31-18-20-10-9-15-30-17-20/h3-15,17,19,27H,2,16,18H2,1H3,(H,31,34)/t27-/m1/s1. The van der Waals surface area contributed by atoms with E-state index in [2.05, 4.69) is 10.3 Å². The zero-order valence-corrected chi connectivity index (χ0v) is 21.2. The Labute approximate surface area is 220 Å². The number of amidine groups is 1. The third-order valence-electron chi connectivity index (χ3n) is 6.02. The maximum atomic E-state index is 13.5. The first-order valence-electron chi connectivity index (χ1n) is 12.1. The number of nitrogens with zero attached hydrogens (tertiary/aromatic N) is 3. The van der Waals surface area contributed by atoms with Gasteiger partial charge < -0.3 is 15.0 Å². The van der Waals surface area contributed by atoms with E-state index in [-0.39, 0.29) is 18.9 Å². The van der Waals surface area contributed by atoms with Gasteiger partial charge in [-0.25, -0.2) is 9.79 Å². The number of amides is 1. The molecule has 0 fully saturated rings. The van der Waals surface area contributed by atoms with Crippen LogP contribution in [0.3, 0.4) is 0 Å². The minimum atomic E-state index is -0.490. The zero-order chi connectivity index (χ0) is 25.6. The van der Waals surface area contributed by atoms with E-state index in [1.165, 1.54) is 11.8 Å². The van der Waals surface area contributed by atoms with Crippen molar-refractivity contribution in [2.75, 3.05) is 6.61 Å². The Bertz CT molecular complexity index is 1370.